The van der Waals surface area contributed by atoms with Crippen molar-refractivity contribution >= 4 is 51.9 Å². The summed E-state index contributed by atoms with van der Waals surface area (Å²) in [6, 6.07) is 6.26. The quantitative estimate of drug-likeness (QED) is 0.343. The fourth-order valence-corrected chi connectivity index (χ4v) is 4.75. The standard InChI is InChI=1S/C25H32N2O7S2/c1-25(2,3)15-9-7-14(8-10-15)21(28)27-17(11-12-35-6)22(29)34-13-16-18(23(30)32-4)20(26)36-19(16)24(31)33-5/h7-10,17H,11-13,26H2,1-6H3,(H,27,28). The maximum atomic E-state index is 13.0. The molecular formula is C25H32N2O7S2. The van der Waals surface area contributed by atoms with E-state index in [1.54, 1.807) is 12.1 Å². The molecule has 0 saturated carbocycles. The molecule has 9 nitrogen and oxygen atoms in total. The lowest BCUT2D eigenvalue weighted by Crippen LogP contribution is -2.42. The van der Waals surface area contributed by atoms with Crippen molar-refractivity contribution in [3.63, 3.8) is 0 Å². The average molecular weight is 537 g/mol. The normalized spacial score (nSPS) is 11.9. The SMILES string of the molecule is COC(=O)c1sc(N)c(C(=O)OC)c1COC(=O)C(CCSC)NC(=O)c1ccc(C(C)(C)C)cc1. The summed E-state index contributed by atoms with van der Waals surface area (Å²) in [7, 11) is 2.36. The zero-order valence-electron chi connectivity index (χ0n) is 21.3. The van der Waals surface area contributed by atoms with E-state index in [1.165, 1.54) is 26.0 Å². The first-order valence-electron chi connectivity index (χ1n) is 11.1. The zero-order valence-corrected chi connectivity index (χ0v) is 22.9. The first-order valence-corrected chi connectivity index (χ1v) is 13.3. The summed E-state index contributed by atoms with van der Waals surface area (Å²) < 4.78 is 15.0. The Morgan fingerprint density at radius 1 is 1.06 bits per heavy atom. The lowest BCUT2D eigenvalue weighted by Gasteiger charge is -2.20. The van der Waals surface area contributed by atoms with Crippen molar-refractivity contribution in [2.45, 2.75) is 45.3 Å². The van der Waals surface area contributed by atoms with Crippen LogP contribution in [0.3, 0.4) is 0 Å². The van der Waals surface area contributed by atoms with Gasteiger partial charge in [-0.2, -0.15) is 11.8 Å². The van der Waals surface area contributed by atoms with Crippen molar-refractivity contribution in [2.24, 2.45) is 0 Å². The summed E-state index contributed by atoms with van der Waals surface area (Å²) in [5.41, 5.74) is 7.39. The molecule has 0 fully saturated rings. The van der Waals surface area contributed by atoms with E-state index in [-0.39, 0.29) is 26.4 Å². The molecule has 196 valence electrons. The van der Waals surface area contributed by atoms with Crippen LogP contribution in [0.1, 0.15) is 68.7 Å². The third-order valence-electron chi connectivity index (χ3n) is 5.37. The number of rotatable bonds is 10. The maximum Gasteiger partial charge on any atom is 0.348 e. The van der Waals surface area contributed by atoms with E-state index in [1.807, 2.05) is 18.4 Å². The Morgan fingerprint density at radius 2 is 1.67 bits per heavy atom. The van der Waals surface area contributed by atoms with Crippen LogP contribution >= 0.6 is 23.1 Å². The Hall–Kier alpha value is -3.05. The van der Waals surface area contributed by atoms with E-state index < -0.39 is 36.5 Å². The van der Waals surface area contributed by atoms with Crippen LogP contribution in [0, 0.1) is 0 Å². The zero-order chi connectivity index (χ0) is 27.0. The first-order chi connectivity index (χ1) is 16.9. The number of esters is 3. The number of carbonyl (C=O) groups excluding carboxylic acids is 4. The molecule has 1 aromatic heterocycles. The highest BCUT2D eigenvalue weighted by Crippen LogP contribution is 2.33. The summed E-state index contributed by atoms with van der Waals surface area (Å²) in [6.07, 6.45) is 2.21. The van der Waals surface area contributed by atoms with Gasteiger partial charge in [0.25, 0.3) is 5.91 Å². The van der Waals surface area contributed by atoms with Gasteiger partial charge < -0.3 is 25.3 Å². The Labute approximate surface area is 219 Å². The molecule has 2 aromatic rings. The molecule has 36 heavy (non-hydrogen) atoms. The minimum atomic E-state index is -0.939. The van der Waals surface area contributed by atoms with Crippen LogP contribution in [0.15, 0.2) is 24.3 Å². The van der Waals surface area contributed by atoms with Crippen LogP contribution in [0.25, 0.3) is 0 Å². The maximum absolute atomic E-state index is 13.0. The van der Waals surface area contributed by atoms with E-state index in [4.69, 9.17) is 19.9 Å². The molecule has 0 saturated heterocycles. The number of nitrogens with two attached hydrogens (primary N) is 1. The van der Waals surface area contributed by atoms with Crippen molar-refractivity contribution in [1.82, 2.24) is 5.32 Å². The van der Waals surface area contributed by atoms with Crippen LogP contribution in [-0.4, -0.2) is 56.1 Å². The topological polar surface area (TPSA) is 134 Å². The minimum absolute atomic E-state index is 0.0341. The largest absolute Gasteiger partial charge is 0.465 e. The van der Waals surface area contributed by atoms with E-state index in [2.05, 4.69) is 26.1 Å². The highest BCUT2D eigenvalue weighted by Gasteiger charge is 2.30. The van der Waals surface area contributed by atoms with E-state index in [9.17, 15) is 19.2 Å². The predicted octanol–water partition coefficient (Wildman–Crippen LogP) is 3.80. The van der Waals surface area contributed by atoms with Crippen molar-refractivity contribution in [3.8, 4) is 0 Å². The Balaban J connectivity index is 2.22. The molecule has 11 heteroatoms. The summed E-state index contributed by atoms with van der Waals surface area (Å²) in [4.78, 5) is 50.3. The highest BCUT2D eigenvalue weighted by atomic mass is 32.2. The third kappa shape index (κ3) is 7.23. The van der Waals surface area contributed by atoms with Crippen molar-refractivity contribution < 1.29 is 33.4 Å². The second-order valence-corrected chi connectivity index (χ2v) is 10.9. The summed E-state index contributed by atoms with van der Waals surface area (Å²) >= 11 is 2.36. The average Bonchev–Trinajstić information content (AvgIpc) is 3.19. The Bertz CT molecular complexity index is 1100. The van der Waals surface area contributed by atoms with Gasteiger partial charge in [0.1, 0.15) is 28.1 Å². The highest BCUT2D eigenvalue weighted by molar-refractivity contribution is 7.98. The fraction of sp³-hybridized carbons (Fsp3) is 0.440. The van der Waals surface area contributed by atoms with Gasteiger partial charge in [0.2, 0.25) is 0 Å². The van der Waals surface area contributed by atoms with Gasteiger partial charge in [-0.1, -0.05) is 32.9 Å². The molecule has 0 aliphatic heterocycles. The molecule has 0 bridgehead atoms. The lowest BCUT2D eigenvalue weighted by molar-refractivity contribution is -0.147. The molecule has 1 amide bonds. The number of nitrogens with one attached hydrogen (secondary N) is 1. The molecule has 0 aliphatic carbocycles. The van der Waals surface area contributed by atoms with E-state index in [0.29, 0.717) is 17.7 Å². The molecule has 0 aliphatic rings. The van der Waals surface area contributed by atoms with Crippen molar-refractivity contribution in [3.05, 3.63) is 51.4 Å². The fourth-order valence-electron chi connectivity index (χ4n) is 3.30. The number of amides is 1. The van der Waals surface area contributed by atoms with Gasteiger partial charge in [0.05, 0.1) is 14.2 Å². The van der Waals surface area contributed by atoms with Gasteiger partial charge in [-0.25, -0.2) is 14.4 Å². The molecule has 1 unspecified atom stereocenters. The van der Waals surface area contributed by atoms with E-state index >= 15 is 0 Å². The van der Waals surface area contributed by atoms with Crippen LogP contribution in [0.2, 0.25) is 0 Å². The van der Waals surface area contributed by atoms with Crippen LogP contribution in [-0.2, 0) is 31.0 Å². The molecule has 1 atom stereocenters. The van der Waals surface area contributed by atoms with Gasteiger partial charge in [0, 0.05) is 11.1 Å². The second kappa shape index (κ2) is 12.8. The number of ether oxygens (including phenoxy) is 3. The smallest absolute Gasteiger partial charge is 0.348 e. The third-order valence-corrected chi connectivity index (χ3v) is 7.05. The number of thiophene rings is 1. The molecule has 1 aromatic carbocycles. The molecule has 1 heterocycles. The van der Waals surface area contributed by atoms with Crippen molar-refractivity contribution in [2.75, 3.05) is 32.0 Å². The van der Waals surface area contributed by atoms with Crippen LogP contribution < -0.4 is 11.1 Å². The summed E-state index contributed by atoms with van der Waals surface area (Å²) in [6.45, 7) is 5.81. The minimum Gasteiger partial charge on any atom is -0.465 e. The summed E-state index contributed by atoms with van der Waals surface area (Å²) in [5.74, 6) is -2.02. The molecule has 3 N–H and O–H groups in total. The number of hydrogen-bond donors (Lipinski definition) is 2. The Morgan fingerprint density at radius 3 is 2.19 bits per heavy atom. The molecule has 2 rings (SSSR count). The van der Waals surface area contributed by atoms with Crippen molar-refractivity contribution in [1.29, 1.82) is 0 Å². The van der Waals surface area contributed by atoms with Crippen LogP contribution in [0.5, 0.6) is 0 Å². The summed E-state index contributed by atoms with van der Waals surface area (Å²) in [5, 5.41) is 2.77. The van der Waals surface area contributed by atoms with Gasteiger partial charge in [-0.15, -0.1) is 11.3 Å². The number of benzene rings is 1. The molecule has 0 spiro atoms. The number of methoxy groups -OCH3 is 2. The number of hydrogen-bond acceptors (Lipinski definition) is 10. The number of nitrogen functional groups attached to an aromatic ring is 1. The number of carbonyl (C=O) groups is 4. The second-order valence-electron chi connectivity index (χ2n) is 8.87. The van der Waals surface area contributed by atoms with Crippen LogP contribution in [0.4, 0.5) is 5.00 Å². The van der Waals surface area contributed by atoms with E-state index in [0.717, 1.165) is 16.9 Å². The molecular weight excluding hydrogens is 504 g/mol. The first kappa shape index (κ1) is 29.2. The van der Waals surface area contributed by atoms with Gasteiger partial charge >= 0.3 is 17.9 Å². The van der Waals surface area contributed by atoms with Gasteiger partial charge in [-0.05, 0) is 41.5 Å². The van der Waals surface area contributed by atoms with Gasteiger partial charge in [-0.3, -0.25) is 4.79 Å². The predicted molar refractivity (Wildman–Crippen MR) is 141 cm³/mol. The number of thioether (sulfide) groups is 1. The Kier molecular flexibility index (Phi) is 10.4. The lowest BCUT2D eigenvalue weighted by atomic mass is 9.86. The van der Waals surface area contributed by atoms with Gasteiger partial charge in [0.15, 0.2) is 0 Å². The number of anilines is 1. The molecule has 0 radical (unpaired) electrons. The monoisotopic (exact) mass is 536 g/mol.